The predicted molar refractivity (Wildman–Crippen MR) is 87.2 cm³/mol. The largest absolute Gasteiger partial charge is 0.461 e. The molecule has 0 spiro atoms. The second kappa shape index (κ2) is 9.31. The molecule has 0 saturated carbocycles. The second-order valence-electron chi connectivity index (χ2n) is 4.84. The van der Waals surface area contributed by atoms with Gasteiger partial charge in [0.1, 0.15) is 0 Å². The molecule has 2 amide bonds. The molecule has 27 heavy (non-hydrogen) atoms. The summed E-state index contributed by atoms with van der Waals surface area (Å²) in [5.41, 5.74) is 0.0153. The number of esters is 1. The van der Waals surface area contributed by atoms with Gasteiger partial charge in [-0.05, 0) is 38.1 Å². The van der Waals surface area contributed by atoms with Crippen LogP contribution in [-0.4, -0.2) is 41.0 Å². The average molecular weight is 388 g/mol. The van der Waals surface area contributed by atoms with E-state index in [1.165, 1.54) is 13.8 Å². The van der Waals surface area contributed by atoms with E-state index in [0.717, 1.165) is 24.3 Å². The number of nitrogens with one attached hydrogen (secondary N) is 2. The van der Waals surface area contributed by atoms with Crippen LogP contribution < -0.4 is 10.7 Å². The summed E-state index contributed by atoms with van der Waals surface area (Å²) in [6.07, 6.45) is -4.53. The van der Waals surface area contributed by atoms with E-state index in [0.29, 0.717) is 0 Å². The first-order chi connectivity index (χ1) is 12.6. The molecule has 0 aliphatic heterocycles. The number of rotatable bonds is 5. The number of hydrazone groups is 1. The Balaban J connectivity index is 2.71. The van der Waals surface area contributed by atoms with E-state index in [-0.39, 0.29) is 18.0 Å². The zero-order valence-corrected chi connectivity index (χ0v) is 14.1. The number of carbonyl (C=O) groups excluding carboxylic acids is 3. The van der Waals surface area contributed by atoms with Gasteiger partial charge in [0.25, 0.3) is 0 Å². The van der Waals surface area contributed by atoms with Crippen molar-refractivity contribution in [2.24, 2.45) is 10.3 Å². The molecule has 1 aromatic carbocycles. The summed E-state index contributed by atoms with van der Waals surface area (Å²) in [7, 11) is 0. The van der Waals surface area contributed by atoms with Crippen LogP contribution in [-0.2, 0) is 25.3 Å². The Kier molecular flexibility index (Phi) is 7.45. The molecule has 0 atom stereocenters. The molecule has 0 unspecified atom stereocenters. The van der Waals surface area contributed by atoms with Crippen molar-refractivity contribution in [2.75, 3.05) is 11.9 Å². The summed E-state index contributed by atoms with van der Waals surface area (Å²) in [5, 5.41) is 17.0. The minimum Gasteiger partial charge on any atom is -0.461 e. The highest BCUT2D eigenvalue weighted by Gasteiger charge is 2.30. The maximum atomic E-state index is 12.5. The van der Waals surface area contributed by atoms with Crippen molar-refractivity contribution < 1.29 is 37.5 Å². The summed E-state index contributed by atoms with van der Waals surface area (Å²) in [5.74, 6) is -3.48. The molecule has 0 radical (unpaired) electrons. The lowest BCUT2D eigenvalue weighted by Gasteiger charge is -2.08. The molecule has 12 heteroatoms. The van der Waals surface area contributed by atoms with Gasteiger partial charge < -0.3 is 15.3 Å². The number of carbonyl (C=O) groups is 3. The van der Waals surface area contributed by atoms with Crippen molar-refractivity contribution in [1.29, 1.82) is 0 Å². The van der Waals surface area contributed by atoms with Crippen LogP contribution in [0.15, 0.2) is 34.5 Å². The van der Waals surface area contributed by atoms with Crippen molar-refractivity contribution in [2.45, 2.75) is 20.0 Å². The van der Waals surface area contributed by atoms with E-state index in [1.54, 1.807) is 0 Å². The Morgan fingerprint density at radius 2 is 1.74 bits per heavy atom. The van der Waals surface area contributed by atoms with Crippen LogP contribution in [0.25, 0.3) is 0 Å². The summed E-state index contributed by atoms with van der Waals surface area (Å²) in [4.78, 5) is 34.8. The van der Waals surface area contributed by atoms with Gasteiger partial charge in [-0.1, -0.05) is 5.16 Å². The van der Waals surface area contributed by atoms with Crippen molar-refractivity contribution >= 4 is 34.9 Å². The van der Waals surface area contributed by atoms with E-state index in [4.69, 9.17) is 5.21 Å². The number of benzene rings is 1. The van der Waals surface area contributed by atoms with Gasteiger partial charge in [-0.2, -0.15) is 18.3 Å². The van der Waals surface area contributed by atoms with Gasteiger partial charge in [0, 0.05) is 5.69 Å². The Morgan fingerprint density at radius 3 is 2.22 bits per heavy atom. The lowest BCUT2D eigenvalue weighted by atomic mass is 10.2. The third-order valence-electron chi connectivity index (χ3n) is 2.91. The number of halogens is 3. The van der Waals surface area contributed by atoms with Gasteiger partial charge in [-0.3, -0.25) is 9.59 Å². The molecule has 146 valence electrons. The minimum atomic E-state index is -4.53. The van der Waals surface area contributed by atoms with Crippen molar-refractivity contribution in [3.05, 3.63) is 29.8 Å². The summed E-state index contributed by atoms with van der Waals surface area (Å²) >= 11 is 0. The maximum absolute atomic E-state index is 12.5. The van der Waals surface area contributed by atoms with Crippen LogP contribution in [0.1, 0.15) is 19.4 Å². The van der Waals surface area contributed by atoms with Crippen LogP contribution in [0, 0.1) is 0 Å². The van der Waals surface area contributed by atoms with E-state index in [1.807, 2.05) is 5.43 Å². The SMILES string of the molecule is CCOC(=O)C(=N\O)/C(C)=N/NC(=O)C(=O)Nc1ccc(C(F)(F)F)cc1. The Labute approximate surface area is 150 Å². The monoisotopic (exact) mass is 388 g/mol. The molecule has 0 bridgehead atoms. The van der Waals surface area contributed by atoms with E-state index >= 15 is 0 Å². The van der Waals surface area contributed by atoms with Gasteiger partial charge in [-0.25, -0.2) is 10.2 Å². The Morgan fingerprint density at radius 1 is 1.15 bits per heavy atom. The van der Waals surface area contributed by atoms with E-state index in [9.17, 15) is 27.6 Å². The Hall–Kier alpha value is -3.44. The van der Waals surface area contributed by atoms with Crippen LogP contribution in [0.5, 0.6) is 0 Å². The van der Waals surface area contributed by atoms with Crippen molar-refractivity contribution in [3.8, 4) is 0 Å². The first-order valence-electron chi connectivity index (χ1n) is 7.32. The fraction of sp³-hybridized carbons (Fsp3) is 0.267. The highest BCUT2D eigenvalue weighted by Crippen LogP contribution is 2.29. The molecule has 9 nitrogen and oxygen atoms in total. The van der Waals surface area contributed by atoms with Crippen LogP contribution in [0.2, 0.25) is 0 Å². The molecule has 1 rings (SSSR count). The number of hydrogen-bond acceptors (Lipinski definition) is 7. The lowest BCUT2D eigenvalue weighted by Crippen LogP contribution is -2.34. The fourth-order valence-electron chi connectivity index (χ4n) is 1.63. The van der Waals surface area contributed by atoms with Crippen molar-refractivity contribution in [3.63, 3.8) is 0 Å². The second-order valence-corrected chi connectivity index (χ2v) is 4.84. The smallest absolute Gasteiger partial charge is 0.416 e. The number of ether oxygens (including phenoxy) is 1. The third kappa shape index (κ3) is 6.41. The van der Waals surface area contributed by atoms with Crippen LogP contribution in [0.4, 0.5) is 18.9 Å². The van der Waals surface area contributed by atoms with Gasteiger partial charge in [-0.15, -0.1) is 0 Å². The molecule has 0 heterocycles. The van der Waals surface area contributed by atoms with Gasteiger partial charge in [0.05, 0.1) is 17.9 Å². The highest BCUT2D eigenvalue weighted by molar-refractivity contribution is 6.65. The quantitative estimate of drug-likeness (QED) is 0.232. The molecule has 0 aliphatic carbocycles. The minimum absolute atomic E-state index is 0.00697. The lowest BCUT2D eigenvalue weighted by molar-refractivity contribution is -0.137. The topological polar surface area (TPSA) is 129 Å². The molecule has 0 saturated heterocycles. The van der Waals surface area contributed by atoms with Gasteiger partial charge in [0.15, 0.2) is 0 Å². The summed E-state index contributed by atoms with van der Waals surface area (Å²) in [6, 6.07) is 3.41. The molecule has 0 aromatic heterocycles. The van der Waals surface area contributed by atoms with Gasteiger partial charge in [0.2, 0.25) is 5.71 Å². The molecule has 1 aromatic rings. The molecular weight excluding hydrogens is 373 g/mol. The number of nitrogens with zero attached hydrogens (tertiary/aromatic N) is 2. The third-order valence-corrected chi connectivity index (χ3v) is 2.91. The molecule has 0 aliphatic rings. The van der Waals surface area contributed by atoms with Crippen LogP contribution >= 0.6 is 0 Å². The summed E-state index contributed by atoms with van der Waals surface area (Å²) in [6.45, 7) is 2.74. The van der Waals surface area contributed by atoms with Crippen LogP contribution in [0.3, 0.4) is 0 Å². The molecule has 0 fully saturated rings. The molecular formula is C15H15F3N4O5. The normalized spacial score (nSPS) is 12.3. The number of anilines is 1. The number of alkyl halides is 3. The first-order valence-corrected chi connectivity index (χ1v) is 7.32. The van der Waals surface area contributed by atoms with E-state index in [2.05, 4.69) is 20.3 Å². The number of amides is 2. The zero-order chi connectivity index (χ0) is 20.6. The van der Waals surface area contributed by atoms with E-state index < -0.39 is 35.2 Å². The fourth-order valence-corrected chi connectivity index (χ4v) is 1.63. The average Bonchev–Trinajstić information content (AvgIpc) is 2.60. The Bertz CT molecular complexity index is 773. The van der Waals surface area contributed by atoms with Gasteiger partial charge >= 0.3 is 24.0 Å². The summed E-state index contributed by atoms with van der Waals surface area (Å²) < 4.78 is 42.0. The highest BCUT2D eigenvalue weighted by atomic mass is 19.4. The standard InChI is InChI=1S/C15H15F3N4O5/c1-3-27-14(25)11(22-26)8(2)20-21-13(24)12(23)19-10-6-4-9(5-7-10)15(16,17)18/h4-7,26H,3H2,1-2H3,(H,19,23)(H,21,24)/b20-8+,22-11-. The molecule has 3 N–H and O–H groups in total. The zero-order valence-electron chi connectivity index (χ0n) is 14.1. The van der Waals surface area contributed by atoms with Crippen molar-refractivity contribution in [1.82, 2.24) is 5.43 Å². The predicted octanol–water partition coefficient (Wildman–Crippen LogP) is 1.53. The number of hydrogen-bond donors (Lipinski definition) is 3. The first kappa shape index (κ1) is 21.6. The maximum Gasteiger partial charge on any atom is 0.416 e. The number of oxime groups is 1.